The van der Waals surface area contributed by atoms with E-state index in [0.29, 0.717) is 11.6 Å². The molecular weight excluding hydrogens is 278 g/mol. The third kappa shape index (κ3) is 4.34. The Morgan fingerprint density at radius 1 is 1.62 bits per heavy atom. The van der Waals surface area contributed by atoms with Gasteiger partial charge in [0.15, 0.2) is 0 Å². The van der Waals surface area contributed by atoms with Gasteiger partial charge in [-0.25, -0.2) is 14.2 Å². The summed E-state index contributed by atoms with van der Waals surface area (Å²) in [5.74, 6) is 0.240. The van der Waals surface area contributed by atoms with Crippen LogP contribution in [-0.2, 0) is 11.3 Å². The Labute approximate surface area is 122 Å². The third-order valence-electron chi connectivity index (χ3n) is 3.60. The number of halogens is 2. The average molecular weight is 298 g/mol. The Balaban J connectivity index is 1.91. The molecule has 0 spiro atoms. The van der Waals surface area contributed by atoms with Crippen molar-refractivity contribution in [3.63, 3.8) is 0 Å². The molecule has 1 N–H and O–H groups in total. The van der Waals surface area contributed by atoms with Crippen LogP contribution in [-0.4, -0.2) is 21.4 Å². The Morgan fingerprint density at radius 2 is 2.38 bits per heavy atom. The summed E-state index contributed by atoms with van der Waals surface area (Å²) in [7, 11) is 0. The van der Waals surface area contributed by atoms with Gasteiger partial charge < -0.3 is 0 Å². The fourth-order valence-corrected chi connectivity index (χ4v) is 2.48. The van der Waals surface area contributed by atoms with Gasteiger partial charge in [0.2, 0.25) is 0 Å². The van der Waals surface area contributed by atoms with Crippen molar-refractivity contribution in [2.24, 2.45) is 11.0 Å². The molecule has 1 aromatic heterocycles. The van der Waals surface area contributed by atoms with Crippen LogP contribution in [0.25, 0.3) is 0 Å². The van der Waals surface area contributed by atoms with Gasteiger partial charge in [0.05, 0.1) is 0 Å². The summed E-state index contributed by atoms with van der Waals surface area (Å²) >= 11 is 0. The van der Waals surface area contributed by atoms with E-state index < -0.39 is 6.43 Å². The SMILES string of the molecule is Cc1cc(C(F)F)nn1CC(=O)NN=C1CCCC(C)C1. The van der Waals surface area contributed by atoms with Crippen molar-refractivity contribution < 1.29 is 13.6 Å². The van der Waals surface area contributed by atoms with Crippen LogP contribution in [0.15, 0.2) is 11.2 Å². The van der Waals surface area contributed by atoms with E-state index in [1.807, 2.05) is 0 Å². The number of alkyl halides is 2. The van der Waals surface area contributed by atoms with Gasteiger partial charge in [0.25, 0.3) is 12.3 Å². The highest BCUT2D eigenvalue weighted by atomic mass is 19.3. The minimum Gasteiger partial charge on any atom is -0.271 e. The topological polar surface area (TPSA) is 59.3 Å². The van der Waals surface area contributed by atoms with E-state index in [-0.39, 0.29) is 18.1 Å². The van der Waals surface area contributed by atoms with Gasteiger partial charge in [0.1, 0.15) is 12.2 Å². The summed E-state index contributed by atoms with van der Waals surface area (Å²) in [5.41, 5.74) is 3.70. The van der Waals surface area contributed by atoms with Gasteiger partial charge >= 0.3 is 0 Å². The molecule has 1 saturated carbocycles. The molecule has 1 heterocycles. The zero-order valence-corrected chi connectivity index (χ0v) is 12.3. The molecule has 1 amide bonds. The molecule has 1 atom stereocenters. The molecule has 1 fully saturated rings. The summed E-state index contributed by atoms with van der Waals surface area (Å²) in [6.45, 7) is 3.70. The van der Waals surface area contributed by atoms with E-state index in [0.717, 1.165) is 25.0 Å². The van der Waals surface area contributed by atoms with Gasteiger partial charge in [-0.15, -0.1) is 0 Å². The molecule has 1 aliphatic carbocycles. The van der Waals surface area contributed by atoms with Crippen molar-refractivity contribution in [2.75, 3.05) is 0 Å². The molecule has 1 aliphatic rings. The quantitative estimate of drug-likeness (QED) is 0.869. The number of carbonyl (C=O) groups is 1. The van der Waals surface area contributed by atoms with Crippen molar-refractivity contribution in [1.82, 2.24) is 15.2 Å². The number of amides is 1. The predicted octanol–water partition coefficient (Wildman–Crippen LogP) is 2.81. The molecule has 0 bridgehead atoms. The Bertz CT molecular complexity index is 539. The monoisotopic (exact) mass is 298 g/mol. The maximum absolute atomic E-state index is 12.5. The van der Waals surface area contributed by atoms with E-state index >= 15 is 0 Å². The number of aromatic nitrogens is 2. The minimum absolute atomic E-state index is 0.106. The summed E-state index contributed by atoms with van der Waals surface area (Å²) in [6.07, 6.45) is 1.45. The number of hydrogen-bond acceptors (Lipinski definition) is 3. The van der Waals surface area contributed by atoms with Crippen LogP contribution in [0, 0.1) is 12.8 Å². The minimum atomic E-state index is -2.63. The lowest BCUT2D eigenvalue weighted by atomic mass is 9.89. The number of nitrogens with one attached hydrogen (secondary N) is 1. The third-order valence-corrected chi connectivity index (χ3v) is 3.60. The Kier molecular flexibility index (Phi) is 5.03. The summed E-state index contributed by atoms with van der Waals surface area (Å²) in [4.78, 5) is 11.8. The van der Waals surface area contributed by atoms with E-state index in [1.165, 1.54) is 17.2 Å². The Hall–Kier alpha value is -1.79. The number of carbonyl (C=O) groups excluding carboxylic acids is 1. The van der Waals surface area contributed by atoms with E-state index in [4.69, 9.17) is 0 Å². The van der Waals surface area contributed by atoms with Crippen LogP contribution in [0.3, 0.4) is 0 Å². The van der Waals surface area contributed by atoms with Gasteiger partial charge in [-0.3, -0.25) is 9.48 Å². The fourth-order valence-electron chi connectivity index (χ4n) is 2.48. The molecule has 2 rings (SSSR count). The maximum atomic E-state index is 12.5. The first-order chi connectivity index (χ1) is 9.95. The van der Waals surface area contributed by atoms with Gasteiger partial charge in [-0.2, -0.15) is 10.2 Å². The normalized spacial score (nSPS) is 21.0. The predicted molar refractivity (Wildman–Crippen MR) is 75.1 cm³/mol. The van der Waals surface area contributed by atoms with Crippen LogP contribution in [0.5, 0.6) is 0 Å². The molecule has 1 unspecified atom stereocenters. The molecule has 0 radical (unpaired) electrons. The van der Waals surface area contributed by atoms with Gasteiger partial charge in [-0.1, -0.05) is 6.92 Å². The number of rotatable bonds is 4. The largest absolute Gasteiger partial charge is 0.282 e. The summed E-state index contributed by atoms with van der Waals surface area (Å²) < 4.78 is 26.3. The Morgan fingerprint density at radius 3 is 3.00 bits per heavy atom. The maximum Gasteiger partial charge on any atom is 0.282 e. The van der Waals surface area contributed by atoms with Gasteiger partial charge in [-0.05, 0) is 44.6 Å². The summed E-state index contributed by atoms with van der Waals surface area (Å²) in [6, 6.07) is 1.28. The molecule has 1 aromatic rings. The molecule has 116 valence electrons. The highest BCUT2D eigenvalue weighted by Crippen LogP contribution is 2.21. The van der Waals surface area contributed by atoms with E-state index in [2.05, 4.69) is 22.5 Å². The highest BCUT2D eigenvalue weighted by molar-refractivity contribution is 5.87. The summed E-state index contributed by atoms with van der Waals surface area (Å²) in [5, 5.41) is 7.84. The molecule has 0 saturated heterocycles. The number of hydrazone groups is 1. The lowest BCUT2D eigenvalue weighted by Gasteiger charge is -2.18. The van der Waals surface area contributed by atoms with Crippen molar-refractivity contribution >= 4 is 11.6 Å². The van der Waals surface area contributed by atoms with Gasteiger partial charge in [0, 0.05) is 11.4 Å². The first-order valence-corrected chi connectivity index (χ1v) is 7.12. The van der Waals surface area contributed by atoms with Crippen molar-refractivity contribution in [3.8, 4) is 0 Å². The zero-order chi connectivity index (χ0) is 15.4. The lowest BCUT2D eigenvalue weighted by Crippen LogP contribution is -2.26. The first-order valence-electron chi connectivity index (χ1n) is 7.12. The highest BCUT2D eigenvalue weighted by Gasteiger charge is 2.16. The number of aryl methyl sites for hydroxylation is 1. The van der Waals surface area contributed by atoms with Crippen molar-refractivity contribution in [2.45, 2.75) is 52.5 Å². The molecular formula is C14H20F2N4O. The van der Waals surface area contributed by atoms with Crippen LogP contribution in [0.2, 0.25) is 0 Å². The van der Waals surface area contributed by atoms with Crippen molar-refractivity contribution in [1.29, 1.82) is 0 Å². The lowest BCUT2D eigenvalue weighted by molar-refractivity contribution is -0.121. The van der Waals surface area contributed by atoms with Crippen LogP contribution in [0.4, 0.5) is 8.78 Å². The number of hydrogen-bond donors (Lipinski definition) is 1. The van der Waals surface area contributed by atoms with Crippen molar-refractivity contribution in [3.05, 3.63) is 17.5 Å². The number of nitrogens with zero attached hydrogens (tertiary/aromatic N) is 3. The molecule has 7 heteroatoms. The zero-order valence-electron chi connectivity index (χ0n) is 12.3. The van der Waals surface area contributed by atoms with E-state index in [9.17, 15) is 13.6 Å². The standard InChI is InChI=1S/C14H20F2N4O/c1-9-4-3-5-11(6-9)17-18-13(21)8-20-10(2)7-12(19-20)14(15)16/h7,9,14H,3-6,8H2,1-2H3,(H,18,21). The van der Waals surface area contributed by atoms with E-state index in [1.54, 1.807) is 6.92 Å². The fraction of sp³-hybridized carbons (Fsp3) is 0.643. The molecule has 5 nitrogen and oxygen atoms in total. The second-order valence-corrected chi connectivity index (χ2v) is 5.58. The second-order valence-electron chi connectivity index (χ2n) is 5.58. The second kappa shape index (κ2) is 6.78. The smallest absolute Gasteiger partial charge is 0.271 e. The van der Waals surface area contributed by atoms with Crippen LogP contribution >= 0.6 is 0 Å². The molecule has 0 aliphatic heterocycles. The average Bonchev–Trinajstić information content (AvgIpc) is 2.78. The molecule has 0 aromatic carbocycles. The van der Waals surface area contributed by atoms with Crippen LogP contribution in [0.1, 0.15) is 50.4 Å². The van der Waals surface area contributed by atoms with Crippen LogP contribution < -0.4 is 5.43 Å². The first kappa shape index (κ1) is 15.6. The molecule has 21 heavy (non-hydrogen) atoms.